The molecule has 0 radical (unpaired) electrons. The Morgan fingerprint density at radius 3 is 2.71 bits per heavy atom. The normalized spacial score (nSPS) is 20.0. The number of aliphatic hydroxyl groups excluding tert-OH is 1. The van der Waals surface area contributed by atoms with E-state index in [0.29, 0.717) is 6.54 Å². The van der Waals surface area contributed by atoms with Crippen LogP contribution in [0.15, 0.2) is 48.5 Å². The smallest absolute Gasteiger partial charge is 0.122 e. The standard InChI is InChI=1S/C24H28N2O2/c1-16-11-24(28-3)17(2)10-19(16)13-26-14-20(23(27)15-26)12-21-9-8-18-6-4-5-7-22(18)25-21/h4-11,20,23,27H,12-15H2,1-3H3/t20-,23-/m1/s1. The molecule has 4 heteroatoms. The molecule has 1 fully saturated rings. The number of aliphatic hydroxyl groups is 1. The zero-order valence-electron chi connectivity index (χ0n) is 16.9. The predicted molar refractivity (Wildman–Crippen MR) is 113 cm³/mol. The van der Waals surface area contributed by atoms with E-state index in [2.05, 4.69) is 49.1 Å². The van der Waals surface area contributed by atoms with Gasteiger partial charge in [0.1, 0.15) is 5.75 Å². The van der Waals surface area contributed by atoms with E-state index < -0.39 is 0 Å². The summed E-state index contributed by atoms with van der Waals surface area (Å²) in [7, 11) is 1.71. The quantitative estimate of drug-likeness (QED) is 0.734. The molecule has 1 saturated heterocycles. The van der Waals surface area contributed by atoms with Gasteiger partial charge in [-0.25, -0.2) is 0 Å². The molecule has 1 aliphatic heterocycles. The lowest BCUT2D eigenvalue weighted by Gasteiger charge is -2.18. The number of rotatable bonds is 5. The zero-order chi connectivity index (χ0) is 19.7. The van der Waals surface area contributed by atoms with Crippen molar-refractivity contribution in [2.45, 2.75) is 32.9 Å². The number of aromatic nitrogens is 1. The molecule has 0 amide bonds. The monoisotopic (exact) mass is 376 g/mol. The summed E-state index contributed by atoms with van der Waals surface area (Å²) >= 11 is 0. The number of para-hydroxylation sites is 1. The number of ether oxygens (including phenoxy) is 1. The lowest BCUT2D eigenvalue weighted by Crippen LogP contribution is -2.22. The third-order valence-electron chi connectivity index (χ3n) is 5.86. The summed E-state index contributed by atoms with van der Waals surface area (Å²) in [6.07, 6.45) is 0.497. The van der Waals surface area contributed by atoms with Gasteiger partial charge in [0.25, 0.3) is 0 Å². The molecule has 4 nitrogen and oxygen atoms in total. The lowest BCUT2D eigenvalue weighted by molar-refractivity contribution is 0.140. The predicted octanol–water partition coefficient (Wildman–Crippen LogP) is 3.90. The van der Waals surface area contributed by atoms with Crippen LogP contribution < -0.4 is 4.74 Å². The summed E-state index contributed by atoms with van der Waals surface area (Å²) in [6, 6.07) is 16.7. The van der Waals surface area contributed by atoms with E-state index >= 15 is 0 Å². The van der Waals surface area contributed by atoms with Gasteiger partial charge in [-0.05, 0) is 55.2 Å². The van der Waals surface area contributed by atoms with Gasteiger partial charge in [-0.2, -0.15) is 0 Å². The van der Waals surface area contributed by atoms with Crippen LogP contribution in [0.1, 0.15) is 22.4 Å². The fourth-order valence-electron chi connectivity index (χ4n) is 4.24. The minimum atomic E-state index is -0.312. The van der Waals surface area contributed by atoms with Crippen molar-refractivity contribution in [3.63, 3.8) is 0 Å². The largest absolute Gasteiger partial charge is 0.496 e. The number of likely N-dealkylation sites (tertiary alicyclic amines) is 1. The molecule has 146 valence electrons. The first-order chi connectivity index (χ1) is 13.5. The van der Waals surface area contributed by atoms with E-state index in [0.717, 1.165) is 47.4 Å². The van der Waals surface area contributed by atoms with Crippen LogP contribution in [0.5, 0.6) is 5.75 Å². The van der Waals surface area contributed by atoms with Crippen molar-refractivity contribution in [3.8, 4) is 5.75 Å². The van der Waals surface area contributed by atoms with Crippen LogP contribution in [-0.2, 0) is 13.0 Å². The van der Waals surface area contributed by atoms with Gasteiger partial charge in [0.05, 0.1) is 18.7 Å². The molecular formula is C24H28N2O2. The van der Waals surface area contributed by atoms with Gasteiger partial charge < -0.3 is 9.84 Å². The highest BCUT2D eigenvalue weighted by Gasteiger charge is 2.31. The lowest BCUT2D eigenvalue weighted by atomic mass is 9.99. The van der Waals surface area contributed by atoms with E-state index in [9.17, 15) is 5.11 Å². The molecule has 0 bridgehead atoms. The van der Waals surface area contributed by atoms with Crippen molar-refractivity contribution in [1.29, 1.82) is 0 Å². The molecule has 4 rings (SSSR count). The molecule has 2 atom stereocenters. The zero-order valence-corrected chi connectivity index (χ0v) is 16.9. The van der Waals surface area contributed by atoms with Crippen molar-refractivity contribution in [3.05, 3.63) is 70.9 Å². The van der Waals surface area contributed by atoms with Crippen LogP contribution in [0.25, 0.3) is 10.9 Å². The number of aryl methyl sites for hydroxylation is 2. The van der Waals surface area contributed by atoms with Crippen molar-refractivity contribution >= 4 is 10.9 Å². The topological polar surface area (TPSA) is 45.6 Å². The summed E-state index contributed by atoms with van der Waals surface area (Å²) in [5.74, 6) is 1.15. The van der Waals surface area contributed by atoms with Crippen molar-refractivity contribution in [1.82, 2.24) is 9.88 Å². The van der Waals surface area contributed by atoms with Crippen LogP contribution in [0.4, 0.5) is 0 Å². The summed E-state index contributed by atoms with van der Waals surface area (Å²) in [4.78, 5) is 7.14. The Balaban J connectivity index is 1.45. The highest BCUT2D eigenvalue weighted by atomic mass is 16.5. The van der Waals surface area contributed by atoms with Crippen LogP contribution in [0.2, 0.25) is 0 Å². The second kappa shape index (κ2) is 7.90. The van der Waals surface area contributed by atoms with Gasteiger partial charge in [-0.15, -0.1) is 0 Å². The number of hydrogen-bond acceptors (Lipinski definition) is 4. The Morgan fingerprint density at radius 2 is 1.89 bits per heavy atom. The Hall–Kier alpha value is -2.43. The molecule has 1 N–H and O–H groups in total. The van der Waals surface area contributed by atoms with Gasteiger partial charge in [0.15, 0.2) is 0 Å². The number of pyridine rings is 1. The number of methoxy groups -OCH3 is 1. The summed E-state index contributed by atoms with van der Waals surface area (Å²) < 4.78 is 5.42. The molecule has 1 aromatic heterocycles. The number of hydrogen-bond donors (Lipinski definition) is 1. The van der Waals surface area contributed by atoms with Crippen LogP contribution in [0, 0.1) is 19.8 Å². The molecule has 0 saturated carbocycles. The maximum Gasteiger partial charge on any atom is 0.122 e. The fraction of sp³-hybridized carbons (Fsp3) is 0.375. The van der Waals surface area contributed by atoms with E-state index in [1.807, 2.05) is 18.2 Å². The highest BCUT2D eigenvalue weighted by molar-refractivity contribution is 5.78. The van der Waals surface area contributed by atoms with Gasteiger partial charge in [0, 0.05) is 36.6 Å². The average molecular weight is 377 g/mol. The van der Waals surface area contributed by atoms with Gasteiger partial charge in [-0.1, -0.05) is 30.3 Å². The molecule has 0 aliphatic carbocycles. The van der Waals surface area contributed by atoms with Gasteiger partial charge in [0.2, 0.25) is 0 Å². The van der Waals surface area contributed by atoms with E-state index in [1.165, 1.54) is 11.1 Å². The fourth-order valence-corrected chi connectivity index (χ4v) is 4.24. The van der Waals surface area contributed by atoms with E-state index in [4.69, 9.17) is 9.72 Å². The summed E-state index contributed by atoms with van der Waals surface area (Å²) in [6.45, 7) is 6.66. The maximum absolute atomic E-state index is 10.6. The average Bonchev–Trinajstić information content (AvgIpc) is 3.03. The third kappa shape index (κ3) is 3.89. The Morgan fingerprint density at radius 1 is 1.07 bits per heavy atom. The SMILES string of the molecule is COc1cc(C)c(CN2C[C@@H](Cc3ccc4ccccc4n3)[C@H](O)C2)cc1C. The van der Waals surface area contributed by atoms with E-state index in [1.54, 1.807) is 7.11 Å². The number of fused-ring (bicyclic) bond motifs is 1. The maximum atomic E-state index is 10.6. The van der Waals surface area contributed by atoms with Crippen molar-refractivity contribution in [2.75, 3.05) is 20.2 Å². The Labute approximate surface area is 166 Å². The van der Waals surface area contributed by atoms with Crippen LogP contribution in [0.3, 0.4) is 0 Å². The second-order valence-electron chi connectivity index (χ2n) is 7.97. The number of nitrogens with zero attached hydrogens (tertiary/aromatic N) is 2. The first-order valence-electron chi connectivity index (χ1n) is 9.92. The second-order valence-corrected chi connectivity index (χ2v) is 7.97. The van der Waals surface area contributed by atoms with E-state index in [-0.39, 0.29) is 12.0 Å². The van der Waals surface area contributed by atoms with Crippen molar-refractivity contribution < 1.29 is 9.84 Å². The Bertz CT molecular complexity index is 986. The molecule has 2 aromatic carbocycles. The summed E-state index contributed by atoms with van der Waals surface area (Å²) in [5, 5.41) is 11.8. The van der Waals surface area contributed by atoms with Gasteiger partial charge in [-0.3, -0.25) is 9.88 Å². The molecule has 0 unspecified atom stereocenters. The number of β-amino-alcohol motifs (C(OH)–C–C–N with tert-alkyl or cyclic N) is 1. The van der Waals surface area contributed by atoms with Crippen LogP contribution in [-0.4, -0.2) is 41.3 Å². The van der Waals surface area contributed by atoms with Crippen LogP contribution >= 0.6 is 0 Å². The molecule has 0 spiro atoms. The van der Waals surface area contributed by atoms with Crippen molar-refractivity contribution in [2.24, 2.45) is 5.92 Å². The molecule has 1 aliphatic rings. The minimum Gasteiger partial charge on any atom is -0.496 e. The first-order valence-corrected chi connectivity index (χ1v) is 9.92. The number of benzene rings is 2. The molecular weight excluding hydrogens is 348 g/mol. The molecule has 3 aromatic rings. The summed E-state index contributed by atoms with van der Waals surface area (Å²) in [5.41, 5.74) is 5.76. The molecule has 2 heterocycles. The first kappa shape index (κ1) is 18.9. The minimum absolute atomic E-state index is 0.216. The third-order valence-corrected chi connectivity index (χ3v) is 5.86. The Kier molecular flexibility index (Phi) is 5.33. The molecule has 28 heavy (non-hydrogen) atoms. The highest BCUT2D eigenvalue weighted by Crippen LogP contribution is 2.27. The van der Waals surface area contributed by atoms with Gasteiger partial charge >= 0.3 is 0 Å².